The van der Waals surface area contributed by atoms with Gasteiger partial charge in [0.25, 0.3) is 0 Å². The lowest BCUT2D eigenvalue weighted by Gasteiger charge is -2.39. The lowest BCUT2D eigenvalue weighted by Crippen LogP contribution is -2.45. The van der Waals surface area contributed by atoms with Crippen LogP contribution in [0.3, 0.4) is 0 Å². The number of Topliss-reactive ketones (excluding diaryl/α,β-unsaturated/α-hetero) is 1. The van der Waals surface area contributed by atoms with Gasteiger partial charge in [0.1, 0.15) is 17.2 Å². The second-order valence-electron chi connectivity index (χ2n) is 12.7. The molecule has 4 atom stereocenters. The fourth-order valence-electron chi connectivity index (χ4n) is 8.72. The second kappa shape index (κ2) is 11.7. The molecule has 0 spiro atoms. The number of halogens is 1. The van der Waals surface area contributed by atoms with Gasteiger partial charge in [0.05, 0.1) is 49.7 Å². The molecule has 1 saturated carbocycles. The smallest absolute Gasteiger partial charge is 0.239 e. The fourth-order valence-corrected chi connectivity index (χ4v) is 8.88. The third kappa shape index (κ3) is 4.07. The Kier molecular flexibility index (Phi) is 7.42. The van der Waals surface area contributed by atoms with Gasteiger partial charge in [-0.25, -0.2) is 4.90 Å². The van der Waals surface area contributed by atoms with Crippen LogP contribution in [-0.4, -0.2) is 38.9 Å². The monoisotopic (exact) mass is 681 g/mol. The van der Waals surface area contributed by atoms with Crippen LogP contribution in [0.15, 0.2) is 127 Å². The van der Waals surface area contributed by atoms with Crippen LogP contribution in [0.25, 0.3) is 11.1 Å². The summed E-state index contributed by atoms with van der Waals surface area (Å²) in [6.07, 6.45) is 0. The van der Waals surface area contributed by atoms with Crippen LogP contribution >= 0.6 is 11.6 Å². The maximum atomic E-state index is 16.1. The van der Waals surface area contributed by atoms with Gasteiger partial charge in [-0.1, -0.05) is 96.5 Å². The van der Waals surface area contributed by atoms with Gasteiger partial charge >= 0.3 is 0 Å². The highest BCUT2D eigenvalue weighted by Crippen LogP contribution is 2.74. The van der Waals surface area contributed by atoms with E-state index in [2.05, 4.69) is 0 Å². The second-order valence-corrected chi connectivity index (χ2v) is 13.1. The van der Waals surface area contributed by atoms with Crippen molar-refractivity contribution in [1.82, 2.24) is 0 Å². The highest BCUT2D eigenvalue weighted by Gasteiger charge is 2.82. The van der Waals surface area contributed by atoms with Gasteiger partial charge in [-0.05, 0) is 75.9 Å². The van der Waals surface area contributed by atoms with E-state index in [1.54, 1.807) is 32.4 Å². The molecule has 0 N–H and O–H groups in total. The van der Waals surface area contributed by atoms with E-state index in [1.807, 2.05) is 109 Å². The Labute approximate surface area is 294 Å². The van der Waals surface area contributed by atoms with Crippen molar-refractivity contribution < 1.29 is 28.6 Å². The molecule has 5 aromatic rings. The molecule has 50 heavy (non-hydrogen) atoms. The van der Waals surface area contributed by atoms with Crippen LogP contribution in [-0.2, 0) is 25.2 Å². The number of anilines is 1. The molecule has 2 fully saturated rings. The van der Waals surface area contributed by atoms with Crippen molar-refractivity contribution in [2.24, 2.45) is 11.8 Å². The first-order valence-electron chi connectivity index (χ1n) is 16.2. The summed E-state index contributed by atoms with van der Waals surface area (Å²) in [6, 6.07) is 38.7. The molecule has 5 aromatic carbocycles. The maximum absolute atomic E-state index is 16.1. The molecule has 7 nitrogen and oxygen atoms in total. The van der Waals surface area contributed by atoms with Crippen molar-refractivity contribution >= 4 is 46.0 Å². The van der Waals surface area contributed by atoms with Crippen LogP contribution < -0.4 is 19.1 Å². The highest BCUT2D eigenvalue weighted by molar-refractivity contribution is 6.39. The first kappa shape index (κ1) is 31.6. The molecule has 0 radical (unpaired) electrons. The van der Waals surface area contributed by atoms with E-state index in [0.717, 1.165) is 11.1 Å². The average Bonchev–Trinajstić information content (AvgIpc) is 3.67. The Morgan fingerprint density at radius 3 is 1.40 bits per heavy atom. The number of rotatable bonds is 8. The SMILES string of the molecule is COc1ccc(C2=C(c3ccc(OC)cc3)[C@@]3(c4ccccc4)C(=O)[C@@]2(c2ccccc2)[C@@H]2C(=O)N(c4cc(Cl)ccc4OC)C(=O)[C@@H]23)cc1. The summed E-state index contributed by atoms with van der Waals surface area (Å²) < 4.78 is 16.7. The third-order valence-electron chi connectivity index (χ3n) is 10.6. The maximum Gasteiger partial charge on any atom is 0.239 e. The van der Waals surface area contributed by atoms with Crippen molar-refractivity contribution in [1.29, 1.82) is 0 Å². The first-order chi connectivity index (χ1) is 24.3. The first-order valence-corrected chi connectivity index (χ1v) is 16.6. The standard InChI is InChI=1S/C42H32ClNO6/c1-48-30-19-14-25(15-20-30)34-35(26-16-21-31(49-2)22-17-26)42(28-12-8-5-9-13-28)37-36(41(34,40(42)47)27-10-6-4-7-11-27)38(45)44(39(37)46)32-24-29(43)18-23-33(32)50-3/h4-24,36-37H,1-3H3/t36-,37+,41-,42-/m1/s1. The van der Waals surface area contributed by atoms with Crippen LogP contribution in [0.5, 0.6) is 17.2 Å². The van der Waals surface area contributed by atoms with Crippen molar-refractivity contribution in [2.75, 3.05) is 26.2 Å². The van der Waals surface area contributed by atoms with Gasteiger partial charge in [0, 0.05) is 5.02 Å². The number of amides is 2. The van der Waals surface area contributed by atoms with E-state index in [1.165, 1.54) is 12.0 Å². The van der Waals surface area contributed by atoms with E-state index in [0.29, 0.717) is 44.5 Å². The number of ketones is 1. The number of carbonyl (C=O) groups is 3. The van der Waals surface area contributed by atoms with E-state index in [-0.39, 0.29) is 11.5 Å². The lowest BCUT2D eigenvalue weighted by atomic mass is 9.59. The van der Waals surface area contributed by atoms with E-state index < -0.39 is 34.5 Å². The minimum atomic E-state index is -1.56. The number of allylic oxidation sites excluding steroid dienone is 2. The number of hydrogen-bond donors (Lipinski definition) is 0. The van der Waals surface area contributed by atoms with Crippen LogP contribution in [0, 0.1) is 11.8 Å². The highest BCUT2D eigenvalue weighted by atomic mass is 35.5. The fraction of sp³-hybridized carbons (Fsp3) is 0.167. The molecule has 1 heterocycles. The zero-order chi connectivity index (χ0) is 34.8. The predicted octanol–water partition coefficient (Wildman–Crippen LogP) is 7.55. The molecule has 3 aliphatic rings. The summed E-state index contributed by atoms with van der Waals surface area (Å²) in [5.74, 6) is -1.77. The van der Waals surface area contributed by atoms with E-state index in [9.17, 15) is 0 Å². The zero-order valence-corrected chi connectivity index (χ0v) is 28.3. The summed E-state index contributed by atoms with van der Waals surface area (Å²) in [5.41, 5.74) is 1.22. The van der Waals surface area contributed by atoms with E-state index >= 15 is 14.4 Å². The molecule has 0 unspecified atom stereocenters. The topological polar surface area (TPSA) is 82.1 Å². The number of nitrogens with zero attached hydrogens (tertiary/aromatic N) is 1. The third-order valence-corrected chi connectivity index (χ3v) is 10.8. The number of fused-ring (bicyclic) bond motifs is 5. The summed E-state index contributed by atoms with van der Waals surface area (Å²) >= 11 is 6.48. The largest absolute Gasteiger partial charge is 0.497 e. The summed E-state index contributed by atoms with van der Waals surface area (Å²) in [7, 11) is 4.67. The van der Waals surface area contributed by atoms with Gasteiger partial charge in [-0.15, -0.1) is 0 Å². The van der Waals surface area contributed by atoms with Crippen molar-refractivity contribution in [3.63, 3.8) is 0 Å². The Morgan fingerprint density at radius 1 is 0.560 bits per heavy atom. The minimum absolute atomic E-state index is 0.214. The van der Waals surface area contributed by atoms with Gasteiger partial charge in [0.15, 0.2) is 5.78 Å². The van der Waals surface area contributed by atoms with Gasteiger partial charge in [-0.3, -0.25) is 14.4 Å². The number of carbonyl (C=O) groups excluding carboxylic acids is 3. The molecule has 8 rings (SSSR count). The van der Waals surface area contributed by atoms with Crippen molar-refractivity contribution in [3.8, 4) is 17.2 Å². The molecule has 2 bridgehead atoms. The predicted molar refractivity (Wildman–Crippen MR) is 192 cm³/mol. The number of imide groups is 1. The number of methoxy groups -OCH3 is 3. The van der Waals surface area contributed by atoms with Gasteiger partial charge in [0.2, 0.25) is 11.8 Å². The average molecular weight is 682 g/mol. The molecular formula is C42H32ClNO6. The summed E-state index contributed by atoms with van der Waals surface area (Å²) in [6.45, 7) is 0. The Balaban J connectivity index is 1.54. The van der Waals surface area contributed by atoms with Crippen molar-refractivity contribution in [3.05, 3.63) is 155 Å². The van der Waals surface area contributed by atoms with Gasteiger partial charge in [-0.2, -0.15) is 0 Å². The molecule has 1 saturated heterocycles. The number of ether oxygens (including phenoxy) is 3. The Hall–Kier alpha value is -5.66. The van der Waals surface area contributed by atoms with E-state index in [4.69, 9.17) is 25.8 Å². The molecule has 2 amide bonds. The normalized spacial score (nSPS) is 23.8. The van der Waals surface area contributed by atoms with Crippen LogP contribution in [0.4, 0.5) is 5.69 Å². The molecule has 0 aromatic heterocycles. The van der Waals surface area contributed by atoms with Crippen LogP contribution in [0.1, 0.15) is 22.3 Å². The minimum Gasteiger partial charge on any atom is -0.497 e. The quantitative estimate of drug-likeness (QED) is 0.157. The molecule has 8 heteroatoms. The lowest BCUT2D eigenvalue weighted by molar-refractivity contribution is -0.130. The summed E-state index contributed by atoms with van der Waals surface area (Å²) in [5, 5.41) is 0.337. The molecule has 1 aliphatic heterocycles. The number of benzene rings is 5. The van der Waals surface area contributed by atoms with Crippen molar-refractivity contribution in [2.45, 2.75) is 10.8 Å². The molecular weight excluding hydrogens is 650 g/mol. The Morgan fingerprint density at radius 2 is 1.00 bits per heavy atom. The van der Waals surface area contributed by atoms with Gasteiger partial charge < -0.3 is 14.2 Å². The Bertz CT molecular complexity index is 2070. The number of hydrogen-bond acceptors (Lipinski definition) is 6. The zero-order valence-electron chi connectivity index (χ0n) is 27.6. The summed E-state index contributed by atoms with van der Waals surface area (Å²) in [4.78, 5) is 47.8. The van der Waals surface area contributed by atoms with Crippen LogP contribution in [0.2, 0.25) is 5.02 Å². The molecule has 2 aliphatic carbocycles. The molecule has 248 valence electrons.